The third-order valence-corrected chi connectivity index (χ3v) is 6.08. The van der Waals surface area contributed by atoms with Crippen LogP contribution in [-0.4, -0.2) is 25.6 Å². The van der Waals surface area contributed by atoms with Gasteiger partial charge in [0, 0.05) is 11.0 Å². The standard InChI is InChI=1S/C26H27NO5S/c1-5-31-26(29)24-17(2)18(3)33-25(24)27-23(28)14-12-19-11-13-21(22(15-19)30-4)32-16-20-9-7-6-8-10-20/h6-15H,5,16H2,1-4H3,(H,27,28)/b14-12+. The number of ether oxygens (including phenoxy) is 3. The smallest absolute Gasteiger partial charge is 0.341 e. The topological polar surface area (TPSA) is 73.9 Å². The van der Waals surface area contributed by atoms with E-state index in [1.165, 1.54) is 17.4 Å². The van der Waals surface area contributed by atoms with Gasteiger partial charge in [0.15, 0.2) is 11.5 Å². The zero-order valence-electron chi connectivity index (χ0n) is 19.1. The largest absolute Gasteiger partial charge is 0.493 e. The van der Waals surface area contributed by atoms with Gasteiger partial charge in [-0.15, -0.1) is 11.3 Å². The third kappa shape index (κ3) is 6.23. The van der Waals surface area contributed by atoms with Gasteiger partial charge in [0.05, 0.1) is 19.3 Å². The number of hydrogen-bond acceptors (Lipinski definition) is 6. The molecule has 0 unspecified atom stereocenters. The Morgan fingerprint density at radius 2 is 1.82 bits per heavy atom. The van der Waals surface area contributed by atoms with E-state index in [1.54, 1.807) is 26.2 Å². The number of rotatable bonds is 9. The molecule has 172 valence electrons. The van der Waals surface area contributed by atoms with Crippen LogP contribution in [0.4, 0.5) is 5.00 Å². The molecule has 0 aliphatic heterocycles. The maximum absolute atomic E-state index is 12.5. The van der Waals surface area contributed by atoms with Crippen molar-refractivity contribution in [1.29, 1.82) is 0 Å². The highest BCUT2D eigenvalue weighted by molar-refractivity contribution is 7.16. The van der Waals surface area contributed by atoms with E-state index in [1.807, 2.05) is 56.3 Å². The predicted molar refractivity (Wildman–Crippen MR) is 131 cm³/mol. The number of nitrogens with one attached hydrogen (secondary N) is 1. The highest BCUT2D eigenvalue weighted by Crippen LogP contribution is 2.33. The Labute approximate surface area is 197 Å². The van der Waals surface area contributed by atoms with Crippen LogP contribution in [0.5, 0.6) is 11.5 Å². The van der Waals surface area contributed by atoms with Gasteiger partial charge < -0.3 is 19.5 Å². The van der Waals surface area contributed by atoms with Gasteiger partial charge in [-0.1, -0.05) is 36.4 Å². The van der Waals surface area contributed by atoms with E-state index < -0.39 is 5.97 Å². The van der Waals surface area contributed by atoms with Crippen molar-refractivity contribution >= 4 is 34.3 Å². The fourth-order valence-electron chi connectivity index (χ4n) is 3.13. The normalized spacial score (nSPS) is 10.8. The third-order valence-electron chi connectivity index (χ3n) is 4.95. The summed E-state index contributed by atoms with van der Waals surface area (Å²) in [6, 6.07) is 15.3. The number of carbonyl (C=O) groups excluding carboxylic acids is 2. The molecule has 7 heteroatoms. The number of amides is 1. The molecule has 0 radical (unpaired) electrons. The number of hydrogen-bond donors (Lipinski definition) is 1. The first-order valence-corrected chi connectivity index (χ1v) is 11.4. The van der Waals surface area contributed by atoms with Crippen LogP contribution in [0.15, 0.2) is 54.6 Å². The molecule has 0 aliphatic carbocycles. The van der Waals surface area contributed by atoms with Crippen molar-refractivity contribution in [2.75, 3.05) is 19.0 Å². The maximum Gasteiger partial charge on any atom is 0.341 e. The Kier molecular flexibility index (Phi) is 8.27. The van der Waals surface area contributed by atoms with Crippen molar-refractivity contribution in [2.45, 2.75) is 27.4 Å². The van der Waals surface area contributed by atoms with Crippen LogP contribution in [0.1, 0.15) is 38.8 Å². The SMILES string of the molecule is CCOC(=O)c1c(NC(=O)/C=C/c2ccc(OCc3ccccc3)c(OC)c2)sc(C)c1C. The van der Waals surface area contributed by atoms with Crippen molar-refractivity contribution in [3.8, 4) is 11.5 Å². The molecule has 0 saturated heterocycles. The van der Waals surface area contributed by atoms with Gasteiger partial charge in [-0.3, -0.25) is 4.79 Å². The number of benzene rings is 2. The summed E-state index contributed by atoms with van der Waals surface area (Å²) < 4.78 is 16.5. The molecule has 3 rings (SSSR count). The van der Waals surface area contributed by atoms with Crippen molar-refractivity contribution in [3.63, 3.8) is 0 Å². The number of anilines is 1. The molecule has 1 amide bonds. The molecule has 1 heterocycles. The minimum Gasteiger partial charge on any atom is -0.493 e. The van der Waals surface area contributed by atoms with Crippen molar-refractivity contribution in [3.05, 3.63) is 81.7 Å². The van der Waals surface area contributed by atoms with E-state index in [-0.39, 0.29) is 12.5 Å². The number of aryl methyl sites for hydroxylation is 1. The van der Waals surface area contributed by atoms with Crippen LogP contribution in [0.3, 0.4) is 0 Å². The first-order chi connectivity index (χ1) is 15.9. The summed E-state index contributed by atoms with van der Waals surface area (Å²) in [6.07, 6.45) is 3.09. The lowest BCUT2D eigenvalue weighted by Crippen LogP contribution is -2.12. The lowest BCUT2D eigenvalue weighted by molar-refractivity contribution is -0.111. The highest BCUT2D eigenvalue weighted by atomic mass is 32.1. The molecule has 0 aliphatic rings. The van der Waals surface area contributed by atoms with Gasteiger partial charge in [0.2, 0.25) is 5.91 Å². The lowest BCUT2D eigenvalue weighted by Gasteiger charge is -2.11. The van der Waals surface area contributed by atoms with E-state index in [4.69, 9.17) is 14.2 Å². The van der Waals surface area contributed by atoms with Crippen LogP contribution in [0.25, 0.3) is 6.08 Å². The van der Waals surface area contributed by atoms with E-state index in [2.05, 4.69) is 5.32 Å². The van der Waals surface area contributed by atoms with Gasteiger partial charge in [0.1, 0.15) is 11.6 Å². The van der Waals surface area contributed by atoms with Gasteiger partial charge in [0.25, 0.3) is 0 Å². The van der Waals surface area contributed by atoms with Gasteiger partial charge >= 0.3 is 5.97 Å². The van der Waals surface area contributed by atoms with Crippen molar-refractivity contribution < 1.29 is 23.8 Å². The zero-order chi connectivity index (χ0) is 23.8. The summed E-state index contributed by atoms with van der Waals surface area (Å²) >= 11 is 1.35. The quantitative estimate of drug-likeness (QED) is 0.320. The first kappa shape index (κ1) is 24.1. The number of methoxy groups -OCH3 is 1. The zero-order valence-corrected chi connectivity index (χ0v) is 20.0. The van der Waals surface area contributed by atoms with Crippen LogP contribution in [0, 0.1) is 13.8 Å². The summed E-state index contributed by atoms with van der Waals surface area (Å²) in [5.41, 5.74) is 3.05. The number of esters is 1. The Morgan fingerprint density at radius 1 is 1.06 bits per heavy atom. The molecule has 0 atom stereocenters. The van der Waals surface area contributed by atoms with E-state index in [9.17, 15) is 9.59 Å². The Bertz CT molecular complexity index is 1150. The molecule has 0 bridgehead atoms. The minimum atomic E-state index is -0.436. The Morgan fingerprint density at radius 3 is 2.52 bits per heavy atom. The summed E-state index contributed by atoms with van der Waals surface area (Å²) in [5.74, 6) is 0.411. The average molecular weight is 466 g/mol. The second-order valence-electron chi connectivity index (χ2n) is 7.21. The van der Waals surface area contributed by atoms with Crippen LogP contribution >= 0.6 is 11.3 Å². The fourth-order valence-corrected chi connectivity index (χ4v) is 4.18. The summed E-state index contributed by atoms with van der Waals surface area (Å²) in [7, 11) is 1.57. The Hall–Kier alpha value is -3.58. The minimum absolute atomic E-state index is 0.271. The monoisotopic (exact) mass is 465 g/mol. The maximum atomic E-state index is 12.5. The number of carbonyl (C=O) groups is 2. The second-order valence-corrected chi connectivity index (χ2v) is 8.44. The Balaban J connectivity index is 1.69. The summed E-state index contributed by atoms with van der Waals surface area (Å²) in [4.78, 5) is 25.8. The molecule has 1 N–H and O–H groups in total. The summed E-state index contributed by atoms with van der Waals surface area (Å²) in [6.45, 7) is 6.20. The average Bonchev–Trinajstić information content (AvgIpc) is 3.10. The second kappa shape index (κ2) is 11.3. The molecule has 0 fully saturated rings. The molecular formula is C26H27NO5S. The molecule has 33 heavy (non-hydrogen) atoms. The van der Waals surface area contributed by atoms with Gasteiger partial charge in [-0.25, -0.2) is 4.79 Å². The van der Waals surface area contributed by atoms with Crippen LogP contribution in [-0.2, 0) is 16.1 Å². The molecule has 1 aromatic heterocycles. The molecule has 0 spiro atoms. The van der Waals surface area contributed by atoms with E-state index >= 15 is 0 Å². The van der Waals surface area contributed by atoms with Crippen LogP contribution < -0.4 is 14.8 Å². The molecule has 0 saturated carbocycles. The summed E-state index contributed by atoms with van der Waals surface area (Å²) in [5, 5.41) is 3.28. The van der Waals surface area contributed by atoms with Gasteiger partial charge in [-0.2, -0.15) is 0 Å². The van der Waals surface area contributed by atoms with E-state index in [0.29, 0.717) is 28.7 Å². The number of thiophene rings is 1. The molecular weight excluding hydrogens is 438 g/mol. The van der Waals surface area contributed by atoms with Gasteiger partial charge in [-0.05, 0) is 55.7 Å². The van der Waals surface area contributed by atoms with E-state index in [0.717, 1.165) is 21.6 Å². The first-order valence-electron chi connectivity index (χ1n) is 10.5. The molecule has 6 nitrogen and oxygen atoms in total. The molecule has 2 aromatic carbocycles. The van der Waals surface area contributed by atoms with Crippen molar-refractivity contribution in [1.82, 2.24) is 0 Å². The lowest BCUT2D eigenvalue weighted by atomic mass is 10.1. The highest BCUT2D eigenvalue weighted by Gasteiger charge is 2.21. The van der Waals surface area contributed by atoms with Crippen molar-refractivity contribution in [2.24, 2.45) is 0 Å². The predicted octanol–water partition coefficient (Wildman–Crippen LogP) is 5.78. The fraction of sp³-hybridized carbons (Fsp3) is 0.231. The van der Waals surface area contributed by atoms with Crippen LogP contribution in [0.2, 0.25) is 0 Å². The molecule has 3 aromatic rings.